The highest BCUT2D eigenvalue weighted by atomic mass is 32.1. The van der Waals surface area contributed by atoms with Gasteiger partial charge in [-0.05, 0) is 112 Å². The fraction of sp³-hybridized carbons (Fsp3) is 0.630. The first-order valence-corrected chi connectivity index (χ1v) is 21.6. The standard InChI is InChI=1S/C46H54F3NO6S/c1-38(2)41(5)18-21-45(38,56-37(41)54)36(53)50(22-14-31-10-7-23-57-31)27-43(55)17-13-34-40(43,4)16-12-33-39(3)15-11-30(51)25-42(39)19-20-44(33,34)32(26-42)35(52)28-8-6-9-29(24-28)46(47,48)49/h6-10,19-20,23-24,26,30,33-34,51,55H,11-18,21-22,25,27H2,1-5H3. The van der Waals surface area contributed by atoms with Crippen molar-refractivity contribution in [2.75, 3.05) is 13.1 Å². The molecular weight excluding hydrogens is 752 g/mol. The first-order valence-electron chi connectivity index (χ1n) is 20.7. The van der Waals surface area contributed by atoms with Crippen molar-refractivity contribution in [1.29, 1.82) is 0 Å². The number of nitrogens with zero attached hydrogens (tertiary/aromatic N) is 1. The summed E-state index contributed by atoms with van der Waals surface area (Å²) < 4.78 is 48.1. The number of benzene rings is 1. The van der Waals surface area contributed by atoms with Gasteiger partial charge in [0.15, 0.2) is 11.4 Å². The van der Waals surface area contributed by atoms with Crippen LogP contribution in [0, 0.1) is 44.3 Å². The van der Waals surface area contributed by atoms with Crippen LogP contribution in [-0.2, 0) is 26.9 Å². The van der Waals surface area contributed by atoms with Gasteiger partial charge in [0.25, 0.3) is 5.91 Å². The number of thiophene rings is 1. The zero-order chi connectivity index (χ0) is 40.8. The number of carbonyl (C=O) groups is 3. The highest BCUT2D eigenvalue weighted by molar-refractivity contribution is 7.09. The summed E-state index contributed by atoms with van der Waals surface area (Å²) in [5.74, 6) is -1.41. The zero-order valence-corrected chi connectivity index (χ0v) is 34.3. The molecule has 2 spiro atoms. The van der Waals surface area contributed by atoms with Gasteiger partial charge in [-0.3, -0.25) is 14.4 Å². The number of alkyl halides is 3. The average Bonchev–Trinajstić information content (AvgIpc) is 3.87. The van der Waals surface area contributed by atoms with Crippen molar-refractivity contribution in [2.45, 2.75) is 122 Å². The number of rotatable bonds is 8. The second kappa shape index (κ2) is 12.2. The molecular formula is C46H54F3NO6S. The van der Waals surface area contributed by atoms with Gasteiger partial charge in [0.05, 0.1) is 29.2 Å². The molecule has 4 saturated carbocycles. The molecule has 0 radical (unpaired) electrons. The monoisotopic (exact) mass is 805 g/mol. The third-order valence-corrected chi connectivity index (χ3v) is 18.7. The van der Waals surface area contributed by atoms with Gasteiger partial charge >= 0.3 is 12.1 Å². The minimum atomic E-state index is -4.62. The Labute approximate surface area is 336 Å². The van der Waals surface area contributed by atoms with E-state index in [4.69, 9.17) is 4.74 Å². The fourth-order valence-electron chi connectivity index (χ4n) is 13.8. The Morgan fingerprint density at radius 1 is 0.930 bits per heavy atom. The van der Waals surface area contributed by atoms with Crippen molar-refractivity contribution in [3.05, 3.63) is 81.6 Å². The van der Waals surface area contributed by atoms with Crippen LogP contribution >= 0.6 is 11.3 Å². The van der Waals surface area contributed by atoms with Gasteiger partial charge in [0, 0.05) is 44.2 Å². The smallest absolute Gasteiger partial charge is 0.416 e. The predicted molar refractivity (Wildman–Crippen MR) is 209 cm³/mol. The molecule has 1 aromatic heterocycles. The van der Waals surface area contributed by atoms with E-state index < -0.39 is 61.9 Å². The second-order valence-electron chi connectivity index (χ2n) is 19.9. The number of ether oxygens (including phenoxy) is 1. The van der Waals surface area contributed by atoms with E-state index in [1.165, 1.54) is 12.1 Å². The number of allylic oxidation sites excluding steroid dienone is 4. The zero-order valence-electron chi connectivity index (χ0n) is 33.5. The molecule has 10 unspecified atom stereocenters. The highest BCUT2D eigenvalue weighted by Gasteiger charge is 2.78. The Kier molecular flexibility index (Phi) is 8.36. The molecule has 2 N–H and O–H groups in total. The summed E-state index contributed by atoms with van der Waals surface area (Å²) in [4.78, 5) is 46.3. The van der Waals surface area contributed by atoms with Crippen LogP contribution in [0.1, 0.15) is 113 Å². The predicted octanol–water partition coefficient (Wildman–Crippen LogP) is 8.73. The van der Waals surface area contributed by atoms with Crippen molar-refractivity contribution in [2.24, 2.45) is 44.3 Å². The molecule has 1 aromatic carbocycles. The number of carbonyl (C=O) groups excluding carboxylic acids is 3. The lowest BCUT2D eigenvalue weighted by Gasteiger charge is -2.71. The summed E-state index contributed by atoms with van der Waals surface area (Å²) in [6, 6.07) is 8.66. The maximum atomic E-state index is 15.1. The van der Waals surface area contributed by atoms with E-state index in [0.717, 1.165) is 23.4 Å². The molecule has 1 saturated heterocycles. The summed E-state index contributed by atoms with van der Waals surface area (Å²) >= 11 is 1.60. The molecule has 5 fully saturated rings. The average molecular weight is 806 g/mol. The first-order chi connectivity index (χ1) is 26.6. The Morgan fingerprint density at radius 3 is 2.32 bits per heavy atom. The van der Waals surface area contributed by atoms with E-state index in [9.17, 15) is 33.0 Å². The molecule has 2 aromatic rings. The quantitative estimate of drug-likeness (QED) is 0.157. The van der Waals surface area contributed by atoms with Crippen LogP contribution in [0.3, 0.4) is 0 Å². The van der Waals surface area contributed by atoms with E-state index in [1.807, 2.05) is 44.4 Å². The highest BCUT2D eigenvalue weighted by Crippen LogP contribution is 2.78. The van der Waals surface area contributed by atoms with Gasteiger partial charge in [-0.2, -0.15) is 13.2 Å². The topological polar surface area (TPSA) is 104 Å². The van der Waals surface area contributed by atoms with E-state index in [0.29, 0.717) is 69.9 Å². The molecule has 1 amide bonds. The Morgan fingerprint density at radius 2 is 1.65 bits per heavy atom. The number of fused-ring (bicyclic) bond motifs is 3. The summed E-state index contributed by atoms with van der Waals surface area (Å²) in [7, 11) is 0. The number of halogens is 3. The van der Waals surface area contributed by atoms with Crippen molar-refractivity contribution in [1.82, 2.24) is 4.90 Å². The molecule has 2 heterocycles. The van der Waals surface area contributed by atoms with Crippen LogP contribution in [0.15, 0.2) is 65.6 Å². The van der Waals surface area contributed by atoms with Crippen molar-refractivity contribution >= 4 is 29.0 Å². The number of hydrogen-bond donors (Lipinski definition) is 2. The Hall–Kier alpha value is -3.28. The van der Waals surface area contributed by atoms with Gasteiger partial charge in [0.2, 0.25) is 0 Å². The lowest BCUT2D eigenvalue weighted by Crippen LogP contribution is -2.68. The molecule has 306 valence electrons. The molecule has 7 aliphatic carbocycles. The van der Waals surface area contributed by atoms with Crippen LogP contribution in [0.25, 0.3) is 0 Å². The van der Waals surface area contributed by atoms with Crippen LogP contribution in [0.5, 0.6) is 0 Å². The molecule has 7 nitrogen and oxygen atoms in total. The normalized spacial score (nSPS) is 42.2. The van der Waals surface area contributed by atoms with E-state index >= 15 is 4.79 Å². The molecule has 8 aliphatic rings. The van der Waals surface area contributed by atoms with Crippen molar-refractivity contribution < 1.29 is 42.5 Å². The number of aliphatic hydroxyl groups is 2. The number of ketones is 1. The summed E-state index contributed by atoms with van der Waals surface area (Å²) in [5, 5.41) is 26.3. The Balaban J connectivity index is 1.12. The van der Waals surface area contributed by atoms with E-state index in [1.54, 1.807) is 16.2 Å². The number of hydrogen-bond acceptors (Lipinski definition) is 7. The van der Waals surface area contributed by atoms with Crippen LogP contribution in [0.4, 0.5) is 13.2 Å². The molecule has 10 atom stereocenters. The minimum Gasteiger partial charge on any atom is -0.448 e. The number of aliphatic hydroxyl groups excluding tert-OH is 1. The summed E-state index contributed by atoms with van der Waals surface area (Å²) in [6.07, 6.45) is 6.63. The minimum absolute atomic E-state index is 0.0226. The van der Waals surface area contributed by atoms with Crippen LogP contribution in [0.2, 0.25) is 0 Å². The maximum Gasteiger partial charge on any atom is 0.416 e. The van der Waals surface area contributed by atoms with Crippen LogP contribution < -0.4 is 0 Å². The van der Waals surface area contributed by atoms with Crippen molar-refractivity contribution in [3.8, 4) is 0 Å². The fourth-order valence-corrected chi connectivity index (χ4v) is 14.5. The van der Waals surface area contributed by atoms with Gasteiger partial charge < -0.3 is 19.8 Å². The lowest BCUT2D eigenvalue weighted by molar-refractivity contribution is -0.187. The summed E-state index contributed by atoms with van der Waals surface area (Å²) in [6.45, 7) is 10.5. The lowest BCUT2D eigenvalue weighted by atomic mass is 9.32. The molecule has 11 heteroatoms. The number of amides is 1. The van der Waals surface area contributed by atoms with E-state index in [2.05, 4.69) is 26.0 Å². The third-order valence-electron chi connectivity index (χ3n) is 17.8. The number of esters is 1. The molecule has 57 heavy (non-hydrogen) atoms. The van der Waals surface area contributed by atoms with Gasteiger partial charge in [-0.15, -0.1) is 11.3 Å². The van der Waals surface area contributed by atoms with Crippen molar-refractivity contribution in [3.63, 3.8) is 0 Å². The first kappa shape index (κ1) is 39.2. The maximum absolute atomic E-state index is 15.1. The molecule has 1 aliphatic heterocycles. The summed E-state index contributed by atoms with van der Waals surface area (Å²) in [5.41, 5.74) is -7.41. The van der Waals surface area contributed by atoms with Gasteiger partial charge in [-0.25, -0.2) is 0 Å². The molecule has 10 rings (SSSR count). The largest absolute Gasteiger partial charge is 0.448 e. The van der Waals surface area contributed by atoms with Gasteiger partial charge in [-0.1, -0.05) is 64.1 Å². The number of Topliss-reactive ketones (excluding diaryl/α,β-unsaturated/α-hetero) is 1. The third kappa shape index (κ3) is 4.88. The van der Waals surface area contributed by atoms with Crippen LogP contribution in [-0.4, -0.2) is 63.2 Å². The second-order valence-corrected chi connectivity index (χ2v) is 21.0. The SMILES string of the molecule is CC12CCC(C(=O)N(CCc3cccs3)CC3(O)CCC4C56C=CC7(C=C5C(=O)c5cccc(C(F)(F)F)c5)CC(O)CCC7(C)C6CCC43C)(OC1=O)C2(C)C. The Bertz CT molecular complexity index is 2110. The van der Waals surface area contributed by atoms with E-state index in [-0.39, 0.29) is 41.2 Å². The van der Waals surface area contributed by atoms with Gasteiger partial charge in [0.1, 0.15) is 0 Å². The molecule has 4 bridgehead atoms.